The molecule has 1 aromatic heterocycles. The summed E-state index contributed by atoms with van der Waals surface area (Å²) in [7, 11) is 0. The summed E-state index contributed by atoms with van der Waals surface area (Å²) < 4.78 is 5.18. The Morgan fingerprint density at radius 3 is 2.67 bits per heavy atom. The lowest BCUT2D eigenvalue weighted by Crippen LogP contribution is -2.62. The van der Waals surface area contributed by atoms with Gasteiger partial charge in [0.15, 0.2) is 0 Å². The first-order valence-electron chi connectivity index (χ1n) is 11.7. The van der Waals surface area contributed by atoms with E-state index in [0.717, 1.165) is 63.4 Å². The van der Waals surface area contributed by atoms with Crippen LogP contribution in [0, 0.1) is 28.6 Å². The summed E-state index contributed by atoms with van der Waals surface area (Å²) in [5.74, 6) is 1.69. The van der Waals surface area contributed by atoms with Gasteiger partial charge in [0.05, 0.1) is 11.9 Å². The molecule has 0 radical (unpaired) electrons. The normalized spacial score (nSPS) is 47.5. The number of hydrogen-bond donors (Lipinski definition) is 1. The molecule has 4 saturated carbocycles. The van der Waals surface area contributed by atoms with Crippen LogP contribution in [0.1, 0.15) is 83.1 Å². The lowest BCUT2D eigenvalue weighted by atomic mass is 9.43. The van der Waals surface area contributed by atoms with Crippen LogP contribution in [0.3, 0.4) is 0 Å². The van der Waals surface area contributed by atoms with Crippen LogP contribution < -0.4 is 5.63 Å². The van der Waals surface area contributed by atoms with E-state index in [-0.39, 0.29) is 28.4 Å². The molecule has 0 aromatic carbocycles. The van der Waals surface area contributed by atoms with Crippen molar-refractivity contribution in [3.05, 3.63) is 44.8 Å². The first-order valence-corrected chi connectivity index (χ1v) is 11.7. The molecule has 6 nitrogen and oxygen atoms in total. The summed E-state index contributed by atoms with van der Waals surface area (Å²) in [5.41, 5.74) is 9.00. The summed E-state index contributed by atoms with van der Waals surface area (Å²) in [6.07, 6.45) is 10.8. The summed E-state index contributed by atoms with van der Waals surface area (Å²) in [4.78, 5) is 14.5. The minimum Gasteiger partial charge on any atom is -0.431 e. The Morgan fingerprint density at radius 1 is 1.10 bits per heavy atom. The maximum Gasteiger partial charge on any atom is 0.335 e. The number of rotatable bonds is 2. The Morgan fingerprint density at radius 2 is 1.93 bits per heavy atom. The zero-order valence-corrected chi connectivity index (χ0v) is 18.1. The molecular formula is C24H33N3O3. The fourth-order valence-corrected chi connectivity index (χ4v) is 8.48. The van der Waals surface area contributed by atoms with Crippen molar-refractivity contribution in [2.45, 2.75) is 89.2 Å². The third kappa shape index (κ3) is 2.66. The molecule has 1 N–H and O–H groups in total. The van der Waals surface area contributed by atoms with Gasteiger partial charge in [-0.1, -0.05) is 19.0 Å². The molecule has 0 saturated heterocycles. The van der Waals surface area contributed by atoms with Crippen molar-refractivity contribution >= 4 is 0 Å². The van der Waals surface area contributed by atoms with E-state index in [0.29, 0.717) is 17.8 Å². The quantitative estimate of drug-likeness (QED) is 0.392. The van der Waals surface area contributed by atoms with Gasteiger partial charge in [-0.3, -0.25) is 0 Å². The first-order chi connectivity index (χ1) is 14.3. The Balaban J connectivity index is 1.45. The fourth-order valence-electron chi connectivity index (χ4n) is 8.48. The van der Waals surface area contributed by atoms with Crippen molar-refractivity contribution in [2.24, 2.45) is 33.7 Å². The molecule has 1 heterocycles. The summed E-state index contributed by atoms with van der Waals surface area (Å²) >= 11 is 0. The Labute approximate surface area is 177 Å². The van der Waals surface area contributed by atoms with Gasteiger partial charge < -0.3 is 9.52 Å². The topological polar surface area (TPSA) is 99.2 Å². The third-order valence-corrected chi connectivity index (χ3v) is 10.2. The molecule has 0 spiro atoms. The number of nitrogens with zero attached hydrogens (tertiary/aromatic N) is 3. The summed E-state index contributed by atoms with van der Waals surface area (Å²) in [6, 6.07) is 3.55. The number of azide groups is 1. The molecule has 6 heteroatoms. The molecule has 5 rings (SSSR count). The molecule has 0 amide bonds. The molecule has 0 aliphatic heterocycles. The molecule has 0 bridgehead atoms. The second kappa shape index (κ2) is 6.86. The predicted molar refractivity (Wildman–Crippen MR) is 114 cm³/mol. The SMILES string of the molecule is C[C@]12CC[C@H](N=[N+]=[N-])C[C@H]1CCC1C2CC[C@]2(C)[C@@H](c3ccc(=O)oc3)CC[C@]12O. The van der Waals surface area contributed by atoms with E-state index in [2.05, 4.69) is 23.9 Å². The monoisotopic (exact) mass is 411 g/mol. The van der Waals surface area contributed by atoms with Gasteiger partial charge in [0.2, 0.25) is 0 Å². The number of aliphatic hydroxyl groups is 1. The van der Waals surface area contributed by atoms with Gasteiger partial charge in [-0.15, -0.1) is 0 Å². The van der Waals surface area contributed by atoms with Gasteiger partial charge in [-0.25, -0.2) is 4.79 Å². The Kier molecular flexibility index (Phi) is 4.61. The van der Waals surface area contributed by atoms with Crippen LogP contribution in [0.5, 0.6) is 0 Å². The van der Waals surface area contributed by atoms with Crippen LogP contribution in [0.4, 0.5) is 0 Å². The van der Waals surface area contributed by atoms with Crippen molar-refractivity contribution in [1.29, 1.82) is 0 Å². The third-order valence-electron chi connectivity index (χ3n) is 10.2. The standard InChI is InChI=1S/C24H33N3O3/c1-22-10-7-17(26-27-25)13-16(22)4-5-20-19(22)8-11-23(2)18(9-12-24(20,23)29)15-3-6-21(28)30-14-15/h3,6,14,16-20,29H,4-5,7-13H2,1-2H3/t16-,17+,18-,19?,20?,22+,23-,24+/m1/s1. The molecule has 4 aliphatic rings. The van der Waals surface area contributed by atoms with E-state index >= 15 is 0 Å². The summed E-state index contributed by atoms with van der Waals surface area (Å²) in [6.45, 7) is 4.73. The second-order valence-electron chi connectivity index (χ2n) is 11.0. The van der Waals surface area contributed by atoms with Crippen LogP contribution >= 0.6 is 0 Å². The first kappa shape index (κ1) is 20.1. The molecule has 8 atom stereocenters. The van der Waals surface area contributed by atoms with Gasteiger partial charge in [0, 0.05) is 22.4 Å². The van der Waals surface area contributed by atoms with Crippen molar-refractivity contribution in [3.8, 4) is 0 Å². The lowest BCUT2D eigenvalue weighted by molar-refractivity contribution is -0.201. The van der Waals surface area contributed by atoms with Crippen LogP contribution in [0.25, 0.3) is 10.4 Å². The molecule has 4 aliphatic carbocycles. The van der Waals surface area contributed by atoms with E-state index in [4.69, 9.17) is 9.95 Å². The van der Waals surface area contributed by atoms with Gasteiger partial charge in [-0.2, -0.15) is 0 Å². The molecule has 4 fully saturated rings. The fraction of sp³-hybridized carbons (Fsp3) is 0.792. The van der Waals surface area contributed by atoms with Crippen molar-refractivity contribution in [2.75, 3.05) is 0 Å². The predicted octanol–water partition coefficient (Wildman–Crippen LogP) is 5.56. The van der Waals surface area contributed by atoms with Gasteiger partial charge in [0.1, 0.15) is 0 Å². The van der Waals surface area contributed by atoms with Crippen LogP contribution in [0.15, 0.2) is 32.7 Å². The average Bonchev–Trinajstić information content (AvgIpc) is 3.01. The number of hydrogen-bond acceptors (Lipinski definition) is 4. The second-order valence-corrected chi connectivity index (χ2v) is 11.0. The average molecular weight is 412 g/mol. The lowest BCUT2D eigenvalue weighted by Gasteiger charge is -2.63. The van der Waals surface area contributed by atoms with Crippen molar-refractivity contribution < 1.29 is 9.52 Å². The molecular weight excluding hydrogens is 378 g/mol. The van der Waals surface area contributed by atoms with Gasteiger partial charge >= 0.3 is 5.63 Å². The van der Waals surface area contributed by atoms with E-state index in [1.54, 1.807) is 6.26 Å². The molecule has 1 aromatic rings. The summed E-state index contributed by atoms with van der Waals surface area (Å²) in [5, 5.41) is 16.3. The van der Waals surface area contributed by atoms with Crippen molar-refractivity contribution in [1.82, 2.24) is 0 Å². The van der Waals surface area contributed by atoms with E-state index in [1.807, 2.05) is 6.07 Å². The van der Waals surface area contributed by atoms with E-state index < -0.39 is 5.60 Å². The minimum atomic E-state index is -0.660. The van der Waals surface area contributed by atoms with E-state index in [9.17, 15) is 9.90 Å². The molecule has 2 unspecified atom stereocenters. The van der Waals surface area contributed by atoms with Gasteiger partial charge in [-0.05, 0) is 104 Å². The van der Waals surface area contributed by atoms with Gasteiger partial charge in [0.25, 0.3) is 0 Å². The highest BCUT2D eigenvalue weighted by Gasteiger charge is 2.67. The Bertz CT molecular complexity index is 919. The highest BCUT2D eigenvalue weighted by Crippen LogP contribution is 2.70. The van der Waals surface area contributed by atoms with Crippen LogP contribution in [-0.2, 0) is 0 Å². The highest BCUT2D eigenvalue weighted by molar-refractivity contribution is 5.27. The van der Waals surface area contributed by atoms with E-state index in [1.165, 1.54) is 6.07 Å². The minimum absolute atomic E-state index is 0.144. The zero-order chi connectivity index (χ0) is 21.1. The largest absolute Gasteiger partial charge is 0.431 e. The Hall–Kier alpha value is -1.78. The smallest absolute Gasteiger partial charge is 0.335 e. The zero-order valence-electron chi connectivity index (χ0n) is 18.1. The molecule has 30 heavy (non-hydrogen) atoms. The van der Waals surface area contributed by atoms with Crippen LogP contribution in [0.2, 0.25) is 0 Å². The highest BCUT2D eigenvalue weighted by atomic mass is 16.4. The molecule has 162 valence electrons. The van der Waals surface area contributed by atoms with Crippen molar-refractivity contribution in [3.63, 3.8) is 0 Å². The maximum absolute atomic E-state index is 12.2. The van der Waals surface area contributed by atoms with Crippen LogP contribution in [-0.4, -0.2) is 16.7 Å². The number of fused-ring (bicyclic) bond motifs is 5. The maximum atomic E-state index is 12.2.